The maximum Gasteiger partial charge on any atom is 0.243 e. The lowest BCUT2D eigenvalue weighted by atomic mass is 9.51. The molecule has 236 valence electrons. The minimum atomic E-state index is -3.76. The van der Waals surface area contributed by atoms with Crippen molar-refractivity contribution in [1.82, 2.24) is 20.3 Å². The second-order valence-corrected chi connectivity index (χ2v) is 15.2. The zero-order chi connectivity index (χ0) is 29.1. The van der Waals surface area contributed by atoms with Crippen molar-refractivity contribution < 1.29 is 18.0 Å². The molecule has 1 aromatic rings. The molecule has 4 aliphatic rings. The molecule has 2 saturated heterocycles. The number of nitrogens with one attached hydrogen (secondary N) is 3. The van der Waals surface area contributed by atoms with Crippen LogP contribution in [-0.4, -0.2) is 62.8 Å². The molecular weight excluding hydrogens is 595 g/mol. The van der Waals surface area contributed by atoms with Crippen LogP contribution in [0.4, 0.5) is 0 Å². The first-order valence-electron chi connectivity index (χ1n) is 15.8. The van der Waals surface area contributed by atoms with E-state index < -0.39 is 20.9 Å². The van der Waals surface area contributed by atoms with Gasteiger partial charge >= 0.3 is 0 Å². The average molecular weight is 644 g/mol. The Labute approximate surface area is 262 Å². The van der Waals surface area contributed by atoms with Crippen molar-refractivity contribution in [2.45, 2.75) is 114 Å². The first-order chi connectivity index (χ1) is 19.7. The monoisotopic (exact) mass is 642 g/mol. The summed E-state index contributed by atoms with van der Waals surface area (Å²) in [6.45, 7) is 4.12. The van der Waals surface area contributed by atoms with Gasteiger partial charge in [-0.05, 0) is 82.5 Å². The zero-order valence-corrected chi connectivity index (χ0v) is 27.3. The molecule has 5 rings (SSSR count). The molecule has 3 N–H and O–H groups in total. The van der Waals surface area contributed by atoms with Crippen LogP contribution in [0, 0.1) is 17.8 Å². The minimum Gasteiger partial charge on any atom is -0.352 e. The summed E-state index contributed by atoms with van der Waals surface area (Å²) < 4.78 is 28.8. The van der Waals surface area contributed by atoms with Gasteiger partial charge in [-0.1, -0.05) is 56.2 Å². The summed E-state index contributed by atoms with van der Waals surface area (Å²) in [5.41, 5.74) is -0.937. The van der Waals surface area contributed by atoms with Crippen molar-refractivity contribution >= 4 is 45.8 Å². The molecule has 0 bridgehead atoms. The highest BCUT2D eigenvalue weighted by atomic mass is 35.5. The normalized spacial score (nSPS) is 26.4. The van der Waals surface area contributed by atoms with E-state index in [1.807, 2.05) is 0 Å². The molecule has 4 fully saturated rings. The van der Waals surface area contributed by atoms with Gasteiger partial charge in [-0.25, -0.2) is 8.42 Å². The maximum atomic E-state index is 14.5. The highest BCUT2D eigenvalue weighted by Crippen LogP contribution is 2.57. The lowest BCUT2D eigenvalue weighted by molar-refractivity contribution is -0.161. The Morgan fingerprint density at radius 1 is 0.881 bits per heavy atom. The molecule has 2 atom stereocenters. The van der Waals surface area contributed by atoms with Crippen LogP contribution in [0.5, 0.6) is 0 Å². The van der Waals surface area contributed by atoms with Crippen LogP contribution in [0.15, 0.2) is 23.1 Å². The second kappa shape index (κ2) is 14.1. The summed E-state index contributed by atoms with van der Waals surface area (Å²) in [5, 5.41) is 10.5. The van der Waals surface area contributed by atoms with Crippen LogP contribution < -0.4 is 16.0 Å². The van der Waals surface area contributed by atoms with Crippen LogP contribution in [0.3, 0.4) is 0 Å². The van der Waals surface area contributed by atoms with Crippen LogP contribution in [0.2, 0.25) is 5.02 Å². The molecule has 2 saturated carbocycles. The van der Waals surface area contributed by atoms with Gasteiger partial charge in [-0.2, -0.15) is 4.31 Å². The number of rotatable bonds is 7. The Hall–Kier alpha value is -1.39. The number of hydrogen-bond donors (Lipinski definition) is 3. The molecule has 2 heterocycles. The van der Waals surface area contributed by atoms with E-state index >= 15 is 0 Å². The van der Waals surface area contributed by atoms with Crippen LogP contribution in [0.25, 0.3) is 0 Å². The smallest absolute Gasteiger partial charge is 0.243 e. The number of nitrogens with zero attached hydrogens (tertiary/aromatic N) is 1. The Morgan fingerprint density at radius 2 is 1.45 bits per heavy atom. The minimum absolute atomic E-state index is 0. The van der Waals surface area contributed by atoms with Gasteiger partial charge in [0.25, 0.3) is 0 Å². The number of carbonyl (C=O) groups is 2. The topological polar surface area (TPSA) is 108 Å². The van der Waals surface area contributed by atoms with E-state index in [1.165, 1.54) is 4.31 Å². The fourth-order valence-electron chi connectivity index (χ4n) is 8.06. The molecule has 2 aliphatic heterocycles. The van der Waals surface area contributed by atoms with E-state index in [0.717, 1.165) is 83.7 Å². The maximum absolute atomic E-state index is 14.5. The Kier molecular flexibility index (Phi) is 11.3. The Balaban J connectivity index is 0.00000405. The molecule has 2 aliphatic carbocycles. The molecule has 1 aromatic carbocycles. The summed E-state index contributed by atoms with van der Waals surface area (Å²) in [7, 11) is -3.76. The molecule has 8 nitrogen and oxygen atoms in total. The molecule has 0 unspecified atom stereocenters. The largest absolute Gasteiger partial charge is 0.352 e. The highest BCUT2D eigenvalue weighted by Gasteiger charge is 2.60. The average Bonchev–Trinajstić information content (AvgIpc) is 2.99. The number of carbonyl (C=O) groups excluding carboxylic acids is 2. The van der Waals surface area contributed by atoms with Crippen molar-refractivity contribution in [1.29, 1.82) is 0 Å². The predicted molar refractivity (Wildman–Crippen MR) is 168 cm³/mol. The van der Waals surface area contributed by atoms with Gasteiger partial charge in [-0.15, -0.1) is 12.4 Å². The molecule has 2 amide bonds. The number of hydrogen-bond acceptors (Lipinski definition) is 5. The van der Waals surface area contributed by atoms with Crippen LogP contribution in [-0.2, 0) is 19.6 Å². The molecule has 42 heavy (non-hydrogen) atoms. The van der Waals surface area contributed by atoms with E-state index in [2.05, 4.69) is 16.0 Å². The van der Waals surface area contributed by atoms with E-state index in [0.29, 0.717) is 36.4 Å². The summed E-state index contributed by atoms with van der Waals surface area (Å²) in [6.07, 6.45) is 12.3. The summed E-state index contributed by atoms with van der Waals surface area (Å²) in [5.74, 6) is 0.0198. The molecule has 0 radical (unpaired) electrons. The molecule has 0 aromatic heterocycles. The lowest BCUT2D eigenvalue weighted by Gasteiger charge is -2.53. The first-order valence-corrected chi connectivity index (χ1v) is 17.6. The van der Waals surface area contributed by atoms with Crippen molar-refractivity contribution in [3.63, 3.8) is 0 Å². The van der Waals surface area contributed by atoms with E-state index in [4.69, 9.17) is 11.6 Å². The predicted octanol–water partition coefficient (Wildman–Crippen LogP) is 5.11. The standard InChI is InChI=1S/C31H47ClN4O4S.ClH/c1-23-26(32)13-8-14-27(23)41(39,40)36-20-10-12-25(22-36)35-29(38)31(17-6-3-7-18-31)30(15-4-2-5-16-30)28(37)34-24-11-9-19-33-21-24;/h8,13-14,24-25,33H,2-7,9-12,15-22H2,1H3,(H,34,37)(H,35,38);1H/t24-,25-;/m1./s1. The zero-order valence-electron chi connectivity index (χ0n) is 24.9. The lowest BCUT2D eigenvalue weighted by Crippen LogP contribution is -2.63. The van der Waals surface area contributed by atoms with Crippen molar-refractivity contribution in [3.05, 3.63) is 28.8 Å². The fourth-order valence-corrected chi connectivity index (χ4v) is 10.1. The summed E-state index contributed by atoms with van der Waals surface area (Å²) in [4.78, 5) is 29.0. The third-order valence-electron chi connectivity index (χ3n) is 10.4. The van der Waals surface area contributed by atoms with E-state index in [1.54, 1.807) is 25.1 Å². The van der Waals surface area contributed by atoms with E-state index in [-0.39, 0.29) is 47.7 Å². The molecule has 0 spiro atoms. The summed E-state index contributed by atoms with van der Waals surface area (Å²) >= 11 is 6.26. The third kappa shape index (κ3) is 6.51. The second-order valence-electron chi connectivity index (χ2n) is 12.8. The van der Waals surface area contributed by atoms with Gasteiger partial charge in [0.2, 0.25) is 21.8 Å². The van der Waals surface area contributed by atoms with Crippen molar-refractivity contribution in [3.8, 4) is 0 Å². The number of amides is 2. The van der Waals surface area contributed by atoms with Gasteiger partial charge < -0.3 is 16.0 Å². The van der Waals surface area contributed by atoms with E-state index in [9.17, 15) is 18.0 Å². The van der Waals surface area contributed by atoms with Gasteiger partial charge in [0.1, 0.15) is 0 Å². The first kappa shape index (κ1) is 33.5. The highest BCUT2D eigenvalue weighted by molar-refractivity contribution is 7.89. The Morgan fingerprint density at radius 3 is 2.02 bits per heavy atom. The molecule has 11 heteroatoms. The van der Waals surface area contributed by atoms with Crippen LogP contribution >= 0.6 is 24.0 Å². The number of sulfonamides is 1. The Bertz CT molecular complexity index is 1210. The third-order valence-corrected chi connectivity index (χ3v) is 12.8. The fraction of sp³-hybridized carbons (Fsp3) is 0.742. The summed E-state index contributed by atoms with van der Waals surface area (Å²) in [6, 6.07) is 4.77. The van der Waals surface area contributed by atoms with Gasteiger partial charge in [0.15, 0.2) is 0 Å². The van der Waals surface area contributed by atoms with Crippen LogP contribution in [0.1, 0.15) is 95.5 Å². The van der Waals surface area contributed by atoms with Gasteiger partial charge in [-0.3, -0.25) is 9.59 Å². The van der Waals surface area contributed by atoms with Gasteiger partial charge in [0.05, 0.1) is 15.7 Å². The van der Waals surface area contributed by atoms with Gasteiger partial charge in [0, 0.05) is 36.7 Å². The number of piperidine rings is 2. The number of halogens is 2. The van der Waals surface area contributed by atoms with Crippen molar-refractivity contribution in [2.24, 2.45) is 10.8 Å². The quantitative estimate of drug-likeness (QED) is 0.383. The SMILES string of the molecule is Cc1c(Cl)cccc1S(=O)(=O)N1CCC[C@@H](NC(=O)C2(C3(C(=O)N[C@@H]4CCCNC4)CCCCC3)CCCCC2)C1.Cl. The molecular formula is C31H48Cl2N4O4S. The van der Waals surface area contributed by atoms with Crippen molar-refractivity contribution in [2.75, 3.05) is 26.2 Å². The number of benzene rings is 1.